The average Bonchev–Trinajstić information content (AvgIpc) is 2.73. The van der Waals surface area contributed by atoms with E-state index in [9.17, 15) is 12.8 Å². The lowest BCUT2D eigenvalue weighted by Gasteiger charge is -2.31. The van der Waals surface area contributed by atoms with Gasteiger partial charge in [0, 0.05) is 24.7 Å². The van der Waals surface area contributed by atoms with Crippen LogP contribution in [0, 0.1) is 12.4 Å². The molecule has 142 valence electrons. The first-order chi connectivity index (χ1) is 13.5. The predicted octanol–water partition coefficient (Wildman–Crippen LogP) is 3.59. The largest absolute Gasteiger partial charge is 0.378 e. The van der Waals surface area contributed by atoms with Crippen LogP contribution in [0.1, 0.15) is 0 Å². The number of nitrogens with zero attached hydrogens (tertiary/aromatic N) is 3. The van der Waals surface area contributed by atoms with E-state index in [2.05, 4.69) is 9.83 Å². The number of morpholine rings is 1. The van der Waals surface area contributed by atoms with E-state index in [1.54, 1.807) is 18.2 Å². The minimum atomic E-state index is -3.94. The number of fused-ring (bicyclic) bond motifs is 1. The lowest BCUT2D eigenvalue weighted by Crippen LogP contribution is -2.37. The molecule has 0 amide bonds. The second kappa shape index (κ2) is 7.19. The van der Waals surface area contributed by atoms with Gasteiger partial charge in [-0.1, -0.05) is 6.07 Å². The molecule has 1 aliphatic heterocycles. The van der Waals surface area contributed by atoms with Crippen molar-refractivity contribution in [2.75, 3.05) is 31.2 Å². The third-order valence-electron chi connectivity index (χ3n) is 4.66. The molecule has 0 spiro atoms. The van der Waals surface area contributed by atoms with E-state index in [0.29, 0.717) is 48.6 Å². The second-order valence-electron chi connectivity index (χ2n) is 6.34. The van der Waals surface area contributed by atoms with Crippen molar-refractivity contribution in [1.82, 2.24) is 4.98 Å². The molecule has 0 aliphatic carbocycles. The summed E-state index contributed by atoms with van der Waals surface area (Å²) in [6, 6.07) is 9.74. The molecule has 0 bridgehead atoms. The Kier molecular flexibility index (Phi) is 4.71. The molecule has 2 heterocycles. The molecule has 2 aromatic carbocycles. The lowest BCUT2D eigenvalue weighted by atomic mass is 10.1. The number of ether oxygens (including phenoxy) is 1. The molecular formula is C20H16FN3O3S. The number of sulfone groups is 1. The Labute approximate surface area is 161 Å². The van der Waals surface area contributed by atoms with Crippen molar-refractivity contribution >= 4 is 32.1 Å². The summed E-state index contributed by atoms with van der Waals surface area (Å²) in [5.41, 5.74) is 1.51. The highest BCUT2D eigenvalue weighted by Crippen LogP contribution is 2.37. The van der Waals surface area contributed by atoms with Crippen molar-refractivity contribution < 1.29 is 17.5 Å². The van der Waals surface area contributed by atoms with Crippen molar-refractivity contribution in [3.05, 3.63) is 65.9 Å². The highest BCUT2D eigenvalue weighted by molar-refractivity contribution is 7.91. The predicted molar refractivity (Wildman–Crippen MR) is 103 cm³/mol. The fourth-order valence-corrected chi connectivity index (χ4v) is 4.70. The van der Waals surface area contributed by atoms with Crippen molar-refractivity contribution in [2.24, 2.45) is 0 Å². The summed E-state index contributed by atoms with van der Waals surface area (Å²) in [7, 11) is -3.94. The van der Waals surface area contributed by atoms with Crippen LogP contribution >= 0.6 is 0 Å². The van der Waals surface area contributed by atoms with Gasteiger partial charge in [0.05, 0.1) is 35.9 Å². The highest BCUT2D eigenvalue weighted by Gasteiger charge is 2.27. The third-order valence-corrected chi connectivity index (χ3v) is 6.43. The van der Waals surface area contributed by atoms with Crippen LogP contribution in [0.5, 0.6) is 0 Å². The summed E-state index contributed by atoms with van der Waals surface area (Å²) in [6.07, 6.45) is 1.34. The van der Waals surface area contributed by atoms with Gasteiger partial charge in [0.15, 0.2) is 5.69 Å². The van der Waals surface area contributed by atoms with E-state index in [4.69, 9.17) is 11.3 Å². The number of pyridine rings is 1. The molecular weight excluding hydrogens is 381 g/mol. The molecule has 0 N–H and O–H groups in total. The smallest absolute Gasteiger partial charge is 0.210 e. The Morgan fingerprint density at radius 3 is 2.50 bits per heavy atom. The molecule has 4 rings (SSSR count). The van der Waals surface area contributed by atoms with Crippen LogP contribution < -0.4 is 4.90 Å². The summed E-state index contributed by atoms with van der Waals surface area (Å²) >= 11 is 0. The first kappa shape index (κ1) is 18.3. The van der Waals surface area contributed by atoms with E-state index in [-0.39, 0.29) is 9.79 Å². The van der Waals surface area contributed by atoms with Crippen LogP contribution in [-0.2, 0) is 14.6 Å². The number of hydrogen-bond donors (Lipinski definition) is 0. The standard InChI is InChI=1S/C20H16FN3O3S/c1-22-15-4-7-18-17(12-15)20(24-8-10-27-11-9-24)19(13-23-18)28(25,26)16-5-2-14(21)3-6-16/h2-7,12-13H,8-11H2. The van der Waals surface area contributed by atoms with Crippen molar-refractivity contribution in [1.29, 1.82) is 0 Å². The molecule has 0 atom stereocenters. The van der Waals surface area contributed by atoms with Crippen LogP contribution in [0.15, 0.2) is 58.5 Å². The Balaban J connectivity index is 1.99. The number of rotatable bonds is 3. The lowest BCUT2D eigenvalue weighted by molar-refractivity contribution is 0.122. The van der Waals surface area contributed by atoms with Crippen LogP contribution in [0.2, 0.25) is 0 Å². The number of hydrogen-bond acceptors (Lipinski definition) is 5. The van der Waals surface area contributed by atoms with Gasteiger partial charge in [-0.15, -0.1) is 0 Å². The summed E-state index contributed by atoms with van der Waals surface area (Å²) in [6.45, 7) is 9.27. The summed E-state index contributed by atoms with van der Waals surface area (Å²) in [5, 5.41) is 0.596. The van der Waals surface area contributed by atoms with E-state index >= 15 is 0 Å². The van der Waals surface area contributed by atoms with E-state index in [1.807, 2.05) is 4.90 Å². The third kappa shape index (κ3) is 3.19. The Hall–Kier alpha value is -3.02. The molecule has 1 aliphatic rings. The molecule has 8 heteroatoms. The van der Waals surface area contributed by atoms with Gasteiger partial charge in [0.25, 0.3) is 0 Å². The van der Waals surface area contributed by atoms with E-state index < -0.39 is 15.7 Å². The van der Waals surface area contributed by atoms with Crippen molar-refractivity contribution in [3.63, 3.8) is 0 Å². The normalized spacial score (nSPS) is 14.8. The number of aromatic nitrogens is 1. The van der Waals surface area contributed by atoms with Gasteiger partial charge in [-0.3, -0.25) is 4.98 Å². The fourth-order valence-electron chi connectivity index (χ4n) is 3.27. The molecule has 0 unspecified atom stereocenters. The van der Waals surface area contributed by atoms with Crippen LogP contribution in [-0.4, -0.2) is 39.7 Å². The number of anilines is 1. The van der Waals surface area contributed by atoms with E-state index in [0.717, 1.165) is 12.1 Å². The first-order valence-corrected chi connectivity index (χ1v) is 10.1. The molecule has 1 fully saturated rings. The van der Waals surface area contributed by atoms with Gasteiger partial charge in [-0.2, -0.15) is 0 Å². The van der Waals surface area contributed by atoms with Crippen LogP contribution in [0.4, 0.5) is 15.8 Å². The zero-order chi connectivity index (χ0) is 19.7. The van der Waals surface area contributed by atoms with Gasteiger partial charge in [0.1, 0.15) is 10.7 Å². The molecule has 1 aromatic heterocycles. The topological polar surface area (TPSA) is 63.9 Å². The monoisotopic (exact) mass is 397 g/mol. The maximum Gasteiger partial charge on any atom is 0.210 e. The van der Waals surface area contributed by atoms with Crippen molar-refractivity contribution in [3.8, 4) is 0 Å². The first-order valence-electron chi connectivity index (χ1n) is 8.64. The SMILES string of the molecule is [C-]#[N+]c1ccc2ncc(S(=O)(=O)c3ccc(F)cc3)c(N3CCOCC3)c2c1. The number of halogens is 1. The number of benzene rings is 2. The minimum absolute atomic E-state index is 0.00843. The van der Waals surface area contributed by atoms with Gasteiger partial charge in [-0.05, 0) is 36.4 Å². The Morgan fingerprint density at radius 2 is 1.82 bits per heavy atom. The van der Waals surface area contributed by atoms with Gasteiger partial charge >= 0.3 is 0 Å². The summed E-state index contributed by atoms with van der Waals surface area (Å²) < 4.78 is 45.3. The summed E-state index contributed by atoms with van der Waals surface area (Å²) in [4.78, 5) is 9.73. The second-order valence-corrected chi connectivity index (χ2v) is 8.26. The fraction of sp³-hybridized carbons (Fsp3) is 0.200. The quantitative estimate of drug-likeness (QED) is 0.499. The zero-order valence-corrected chi connectivity index (χ0v) is 15.6. The minimum Gasteiger partial charge on any atom is -0.378 e. The molecule has 6 nitrogen and oxygen atoms in total. The zero-order valence-electron chi connectivity index (χ0n) is 14.8. The maximum absolute atomic E-state index is 13.3. The Morgan fingerprint density at radius 1 is 1.11 bits per heavy atom. The molecule has 0 radical (unpaired) electrons. The average molecular weight is 397 g/mol. The summed E-state index contributed by atoms with van der Waals surface area (Å²) in [5.74, 6) is -0.509. The van der Waals surface area contributed by atoms with Gasteiger partial charge in [-0.25, -0.2) is 17.7 Å². The van der Waals surface area contributed by atoms with E-state index in [1.165, 1.54) is 18.3 Å². The van der Waals surface area contributed by atoms with Gasteiger partial charge < -0.3 is 9.64 Å². The van der Waals surface area contributed by atoms with Crippen LogP contribution in [0.3, 0.4) is 0 Å². The molecule has 0 saturated carbocycles. The van der Waals surface area contributed by atoms with Gasteiger partial charge in [0.2, 0.25) is 9.84 Å². The maximum atomic E-state index is 13.3. The van der Waals surface area contributed by atoms with Crippen molar-refractivity contribution in [2.45, 2.75) is 9.79 Å². The Bertz CT molecular complexity index is 1180. The molecule has 28 heavy (non-hydrogen) atoms. The van der Waals surface area contributed by atoms with Crippen LogP contribution in [0.25, 0.3) is 15.7 Å². The molecule has 3 aromatic rings. The highest BCUT2D eigenvalue weighted by atomic mass is 32.2. The molecule has 1 saturated heterocycles.